The summed E-state index contributed by atoms with van der Waals surface area (Å²) >= 11 is 8.97. The topological polar surface area (TPSA) is 71.5 Å². The van der Waals surface area contributed by atoms with Crippen molar-refractivity contribution in [3.8, 4) is 0 Å². The molecule has 154 valence electrons. The van der Waals surface area contributed by atoms with Gasteiger partial charge in [-0.2, -0.15) is 0 Å². The van der Waals surface area contributed by atoms with Crippen LogP contribution in [0.3, 0.4) is 0 Å². The molecule has 1 aliphatic rings. The second-order valence-electron chi connectivity index (χ2n) is 6.99. The van der Waals surface area contributed by atoms with Crippen LogP contribution in [0.15, 0.2) is 12.1 Å². The summed E-state index contributed by atoms with van der Waals surface area (Å²) in [6, 6.07) is 3.83. The van der Waals surface area contributed by atoms with Crippen LogP contribution in [0.1, 0.15) is 27.3 Å². The second kappa shape index (κ2) is 9.01. The van der Waals surface area contributed by atoms with Gasteiger partial charge in [0.25, 0.3) is 5.91 Å². The monoisotopic (exact) mass is 451 g/mol. The van der Waals surface area contributed by atoms with Crippen molar-refractivity contribution >= 4 is 55.7 Å². The number of amides is 1. The van der Waals surface area contributed by atoms with Crippen LogP contribution in [0.4, 0.5) is 5.13 Å². The molecule has 4 rings (SSSR count). The number of carbonyl (C=O) groups excluding carboxylic acids is 1. The summed E-state index contributed by atoms with van der Waals surface area (Å²) in [5.41, 5.74) is 2.54. The molecular weight excluding hydrogens is 430 g/mol. The summed E-state index contributed by atoms with van der Waals surface area (Å²) in [7, 11) is 0. The Balaban J connectivity index is 1.61. The summed E-state index contributed by atoms with van der Waals surface area (Å²) in [4.78, 5) is 22.8. The highest BCUT2D eigenvalue weighted by molar-refractivity contribution is 7.23. The Morgan fingerprint density at radius 2 is 2.10 bits per heavy atom. The fraction of sp³-hybridized carbons (Fsp3) is 0.474. The number of halogens is 1. The Labute approximate surface area is 182 Å². The number of carbonyl (C=O) groups is 1. The third-order valence-electron chi connectivity index (χ3n) is 4.97. The maximum atomic E-state index is 13.3. The molecule has 0 spiro atoms. The van der Waals surface area contributed by atoms with Crippen molar-refractivity contribution in [1.82, 2.24) is 19.5 Å². The molecule has 29 heavy (non-hydrogen) atoms. The summed E-state index contributed by atoms with van der Waals surface area (Å²) < 4.78 is 10.2. The molecule has 1 aromatic carbocycles. The molecule has 3 heterocycles. The van der Waals surface area contributed by atoms with E-state index in [-0.39, 0.29) is 5.91 Å². The van der Waals surface area contributed by atoms with E-state index < -0.39 is 0 Å². The minimum atomic E-state index is -0.104. The molecule has 1 amide bonds. The van der Waals surface area contributed by atoms with E-state index in [9.17, 15) is 4.79 Å². The Hall–Kier alpha value is -1.65. The molecule has 1 aliphatic heterocycles. The number of aromatic nitrogens is 3. The van der Waals surface area contributed by atoms with Crippen molar-refractivity contribution in [2.24, 2.45) is 0 Å². The van der Waals surface area contributed by atoms with Crippen LogP contribution in [0, 0.1) is 13.8 Å². The first-order valence-corrected chi connectivity index (χ1v) is 11.5. The lowest BCUT2D eigenvalue weighted by atomic mass is 10.2. The number of hydrogen-bond donors (Lipinski definition) is 0. The number of hydrogen-bond acceptors (Lipinski definition) is 8. The zero-order valence-corrected chi connectivity index (χ0v) is 18.7. The molecule has 0 unspecified atom stereocenters. The molecule has 1 saturated heterocycles. The van der Waals surface area contributed by atoms with Gasteiger partial charge in [-0.05, 0) is 43.4 Å². The van der Waals surface area contributed by atoms with Crippen molar-refractivity contribution in [2.45, 2.75) is 20.3 Å². The number of rotatable bonds is 6. The number of benzene rings is 1. The average Bonchev–Trinajstić information content (AvgIpc) is 3.36. The van der Waals surface area contributed by atoms with E-state index in [1.54, 1.807) is 4.90 Å². The number of anilines is 1. The van der Waals surface area contributed by atoms with Crippen molar-refractivity contribution in [2.75, 3.05) is 44.3 Å². The van der Waals surface area contributed by atoms with Gasteiger partial charge in [-0.3, -0.25) is 14.6 Å². The van der Waals surface area contributed by atoms with Crippen LogP contribution in [-0.4, -0.2) is 64.8 Å². The predicted molar refractivity (Wildman–Crippen MR) is 118 cm³/mol. The number of thiazole rings is 1. The van der Waals surface area contributed by atoms with Gasteiger partial charge in [0, 0.05) is 26.2 Å². The first-order chi connectivity index (χ1) is 14.0. The fourth-order valence-corrected chi connectivity index (χ4v) is 5.26. The minimum Gasteiger partial charge on any atom is -0.379 e. The Bertz CT molecular complexity index is 976. The number of fused-ring (bicyclic) bond motifs is 1. The molecule has 10 heteroatoms. The van der Waals surface area contributed by atoms with Crippen LogP contribution in [0.2, 0.25) is 5.02 Å². The molecule has 3 aromatic rings. The third-order valence-corrected chi connectivity index (χ3v) is 7.32. The number of morpholine rings is 1. The largest absolute Gasteiger partial charge is 0.379 e. The normalized spacial score (nSPS) is 15.1. The number of ether oxygens (including phenoxy) is 1. The van der Waals surface area contributed by atoms with Gasteiger partial charge in [0.05, 0.1) is 34.1 Å². The van der Waals surface area contributed by atoms with E-state index in [0.29, 0.717) is 27.3 Å². The van der Waals surface area contributed by atoms with E-state index in [2.05, 4.69) is 14.5 Å². The van der Waals surface area contributed by atoms with Crippen molar-refractivity contribution in [3.05, 3.63) is 33.3 Å². The van der Waals surface area contributed by atoms with Gasteiger partial charge in [-0.25, -0.2) is 4.98 Å². The van der Waals surface area contributed by atoms with Crippen LogP contribution in [0.5, 0.6) is 0 Å². The zero-order valence-electron chi connectivity index (χ0n) is 16.4. The quantitative estimate of drug-likeness (QED) is 0.567. The van der Waals surface area contributed by atoms with Gasteiger partial charge in [0.15, 0.2) is 5.13 Å². The van der Waals surface area contributed by atoms with Gasteiger partial charge in [-0.15, -0.1) is 5.10 Å². The molecule has 0 radical (unpaired) electrons. The predicted octanol–water partition coefficient (Wildman–Crippen LogP) is 3.79. The van der Waals surface area contributed by atoms with Gasteiger partial charge in [0.1, 0.15) is 4.88 Å². The highest BCUT2D eigenvalue weighted by Crippen LogP contribution is 2.36. The maximum Gasteiger partial charge on any atom is 0.273 e. The van der Waals surface area contributed by atoms with Crippen molar-refractivity contribution < 1.29 is 9.53 Å². The lowest BCUT2D eigenvalue weighted by Gasteiger charge is -2.27. The zero-order chi connectivity index (χ0) is 20.4. The average molecular weight is 452 g/mol. The van der Waals surface area contributed by atoms with Gasteiger partial charge < -0.3 is 4.74 Å². The maximum absolute atomic E-state index is 13.3. The summed E-state index contributed by atoms with van der Waals surface area (Å²) in [6.45, 7) is 8.70. The molecule has 2 aromatic heterocycles. The summed E-state index contributed by atoms with van der Waals surface area (Å²) in [6.07, 6.45) is 0.847. The third kappa shape index (κ3) is 4.44. The minimum absolute atomic E-state index is 0.104. The fourth-order valence-electron chi connectivity index (χ4n) is 3.32. The van der Waals surface area contributed by atoms with Gasteiger partial charge >= 0.3 is 0 Å². The van der Waals surface area contributed by atoms with E-state index in [1.165, 1.54) is 11.3 Å². The molecule has 0 aliphatic carbocycles. The molecule has 7 nitrogen and oxygen atoms in total. The molecule has 0 N–H and O–H groups in total. The molecule has 0 saturated carbocycles. The van der Waals surface area contributed by atoms with E-state index >= 15 is 0 Å². The van der Waals surface area contributed by atoms with Crippen LogP contribution in [-0.2, 0) is 4.74 Å². The molecule has 0 atom stereocenters. The van der Waals surface area contributed by atoms with E-state index in [4.69, 9.17) is 21.3 Å². The van der Waals surface area contributed by atoms with E-state index in [0.717, 1.165) is 66.6 Å². The van der Waals surface area contributed by atoms with Crippen LogP contribution >= 0.6 is 34.5 Å². The standard InChI is InChI=1S/C19H22ClN5O2S2/c1-12-4-5-14(20)17-15(12)21-19(28-17)25(18(26)16-13(2)22-23-29-16)7-3-6-24-8-10-27-11-9-24/h4-5H,3,6-11H2,1-2H3. The molecule has 1 fully saturated rings. The van der Waals surface area contributed by atoms with Gasteiger partial charge in [-0.1, -0.05) is 33.5 Å². The first-order valence-electron chi connectivity index (χ1n) is 9.51. The second-order valence-corrected chi connectivity index (χ2v) is 9.13. The lowest BCUT2D eigenvalue weighted by Crippen LogP contribution is -2.39. The Kier molecular flexibility index (Phi) is 6.41. The molecular formula is C19H22ClN5O2S2. The van der Waals surface area contributed by atoms with Gasteiger partial charge in [0.2, 0.25) is 0 Å². The SMILES string of the molecule is Cc1nnsc1C(=O)N(CCCN1CCOCC1)c1nc2c(C)ccc(Cl)c2s1. The molecule has 0 bridgehead atoms. The summed E-state index contributed by atoms with van der Waals surface area (Å²) in [5.74, 6) is -0.104. The van der Waals surface area contributed by atoms with E-state index in [1.807, 2.05) is 26.0 Å². The van der Waals surface area contributed by atoms with Crippen LogP contribution in [0.25, 0.3) is 10.2 Å². The smallest absolute Gasteiger partial charge is 0.273 e. The van der Waals surface area contributed by atoms with Crippen molar-refractivity contribution in [1.29, 1.82) is 0 Å². The number of nitrogens with zero attached hydrogens (tertiary/aromatic N) is 5. The summed E-state index contributed by atoms with van der Waals surface area (Å²) in [5, 5.41) is 5.32. The number of aryl methyl sites for hydroxylation is 2. The Morgan fingerprint density at radius 1 is 1.31 bits per heavy atom. The van der Waals surface area contributed by atoms with Crippen LogP contribution < -0.4 is 4.90 Å². The Morgan fingerprint density at radius 3 is 2.79 bits per heavy atom. The lowest BCUT2D eigenvalue weighted by molar-refractivity contribution is 0.0376. The highest BCUT2D eigenvalue weighted by atomic mass is 35.5. The first kappa shape index (κ1) is 20.6. The highest BCUT2D eigenvalue weighted by Gasteiger charge is 2.25. The van der Waals surface area contributed by atoms with Crippen molar-refractivity contribution in [3.63, 3.8) is 0 Å².